The number of fused-ring (bicyclic) bond motifs is 1. The van der Waals surface area contributed by atoms with Crippen molar-refractivity contribution in [1.82, 2.24) is 30.5 Å². The van der Waals surface area contributed by atoms with Crippen molar-refractivity contribution in [2.45, 2.75) is 70.0 Å². The van der Waals surface area contributed by atoms with Crippen molar-refractivity contribution in [3.05, 3.63) is 41.7 Å². The molecule has 1 saturated heterocycles. The number of likely N-dealkylation sites (N-methyl/N-ethyl adjacent to an activating group) is 1. The maximum atomic E-state index is 14.0. The van der Waals surface area contributed by atoms with E-state index in [0.29, 0.717) is 6.54 Å². The standard InChI is InChI=1S/C27H34N6O2S/c1-17(28-2)24(34)31-22(19-12-7-4-8-13-19)27(35)33-15-9-14-20(33)25-32-23-21(18-10-5-3-6-11-18)29-16-30-26(23)36-25/h3,5-6,10-11,16-17,19-20,22,28H,4,7-9,12-15H2,1-2H3,(H,31,34)/t17-,20+,22-/m0/s1. The van der Waals surface area contributed by atoms with Crippen molar-refractivity contribution < 1.29 is 9.59 Å². The predicted octanol–water partition coefficient (Wildman–Crippen LogP) is 4.09. The molecule has 2 N–H and O–H groups in total. The van der Waals surface area contributed by atoms with Crippen molar-refractivity contribution in [3.63, 3.8) is 0 Å². The number of aromatic nitrogens is 3. The number of rotatable bonds is 7. The van der Waals surface area contributed by atoms with E-state index in [1.807, 2.05) is 42.2 Å². The zero-order valence-electron chi connectivity index (χ0n) is 20.9. The van der Waals surface area contributed by atoms with Crippen LogP contribution in [0.3, 0.4) is 0 Å². The van der Waals surface area contributed by atoms with Crippen LogP contribution in [-0.2, 0) is 9.59 Å². The smallest absolute Gasteiger partial charge is 0.246 e. The van der Waals surface area contributed by atoms with Crippen LogP contribution in [0.4, 0.5) is 0 Å². The first kappa shape index (κ1) is 24.8. The summed E-state index contributed by atoms with van der Waals surface area (Å²) in [7, 11) is 1.76. The Balaban J connectivity index is 1.44. The molecule has 2 aliphatic rings. The lowest BCUT2D eigenvalue weighted by atomic mass is 9.83. The average molecular weight is 507 g/mol. The molecule has 5 rings (SSSR count). The average Bonchev–Trinajstić information content (AvgIpc) is 3.59. The number of carbonyl (C=O) groups excluding carboxylic acids is 2. The number of likely N-dealkylation sites (tertiary alicyclic amines) is 1. The summed E-state index contributed by atoms with van der Waals surface area (Å²) in [5.74, 6) is 0.0704. The number of nitrogens with one attached hydrogen (secondary N) is 2. The summed E-state index contributed by atoms with van der Waals surface area (Å²) in [6.45, 7) is 2.50. The first-order valence-electron chi connectivity index (χ1n) is 13.0. The maximum Gasteiger partial charge on any atom is 0.246 e. The topological polar surface area (TPSA) is 100 Å². The van der Waals surface area contributed by atoms with Crippen molar-refractivity contribution in [1.29, 1.82) is 0 Å². The molecular formula is C27H34N6O2S. The summed E-state index contributed by atoms with van der Waals surface area (Å²) in [6, 6.07) is 9.05. The van der Waals surface area contributed by atoms with Gasteiger partial charge in [-0.15, -0.1) is 0 Å². The van der Waals surface area contributed by atoms with Gasteiger partial charge < -0.3 is 15.5 Å². The fourth-order valence-electron chi connectivity index (χ4n) is 5.44. The van der Waals surface area contributed by atoms with Crippen LogP contribution in [0.2, 0.25) is 0 Å². The van der Waals surface area contributed by atoms with Gasteiger partial charge in [-0.1, -0.05) is 60.9 Å². The number of thiazole rings is 1. The van der Waals surface area contributed by atoms with Crippen LogP contribution in [0.5, 0.6) is 0 Å². The van der Waals surface area contributed by atoms with Gasteiger partial charge in [0.05, 0.1) is 12.1 Å². The van der Waals surface area contributed by atoms with E-state index in [0.717, 1.165) is 65.1 Å². The Labute approximate surface area is 215 Å². The van der Waals surface area contributed by atoms with Gasteiger partial charge in [0.1, 0.15) is 33.4 Å². The lowest BCUT2D eigenvalue weighted by molar-refractivity contribution is -0.139. The molecule has 0 bridgehead atoms. The second-order valence-electron chi connectivity index (χ2n) is 9.88. The molecule has 1 aromatic carbocycles. The van der Waals surface area contributed by atoms with Crippen molar-refractivity contribution in [2.24, 2.45) is 5.92 Å². The van der Waals surface area contributed by atoms with Crippen LogP contribution in [0.15, 0.2) is 36.7 Å². The maximum absolute atomic E-state index is 14.0. The molecule has 190 valence electrons. The highest BCUT2D eigenvalue weighted by Crippen LogP contribution is 2.39. The Bertz CT molecular complexity index is 1210. The minimum absolute atomic E-state index is 0.0228. The lowest BCUT2D eigenvalue weighted by Crippen LogP contribution is -2.55. The molecule has 1 aliphatic heterocycles. The van der Waals surface area contributed by atoms with E-state index in [2.05, 4.69) is 20.6 Å². The van der Waals surface area contributed by atoms with Gasteiger partial charge in [0.2, 0.25) is 11.8 Å². The fourth-order valence-corrected chi connectivity index (χ4v) is 6.50. The second-order valence-corrected chi connectivity index (χ2v) is 10.9. The molecule has 36 heavy (non-hydrogen) atoms. The first-order chi connectivity index (χ1) is 17.6. The largest absolute Gasteiger partial charge is 0.343 e. The molecule has 0 spiro atoms. The first-order valence-corrected chi connectivity index (χ1v) is 13.8. The number of hydrogen-bond donors (Lipinski definition) is 2. The van der Waals surface area contributed by atoms with E-state index in [4.69, 9.17) is 4.98 Å². The SMILES string of the molecule is CN[C@@H](C)C(=O)N[C@H](C(=O)N1CCC[C@@H]1c1nc2c(-c3ccccc3)ncnc2s1)C1CCCCC1. The highest BCUT2D eigenvalue weighted by molar-refractivity contribution is 7.18. The molecule has 0 unspecified atom stereocenters. The Hall–Kier alpha value is -2.91. The minimum Gasteiger partial charge on any atom is -0.343 e. The van der Waals surface area contributed by atoms with Crippen molar-refractivity contribution >= 4 is 33.5 Å². The van der Waals surface area contributed by atoms with E-state index in [9.17, 15) is 9.59 Å². The summed E-state index contributed by atoms with van der Waals surface area (Å²) in [5, 5.41) is 7.00. The molecular weight excluding hydrogens is 472 g/mol. The molecule has 2 amide bonds. The third-order valence-electron chi connectivity index (χ3n) is 7.59. The van der Waals surface area contributed by atoms with E-state index in [1.165, 1.54) is 6.42 Å². The number of carbonyl (C=O) groups is 2. The van der Waals surface area contributed by atoms with Crippen LogP contribution in [0.1, 0.15) is 62.9 Å². The molecule has 2 aromatic heterocycles. The Kier molecular flexibility index (Phi) is 7.57. The summed E-state index contributed by atoms with van der Waals surface area (Å²) in [6.07, 6.45) is 8.71. The molecule has 9 heteroatoms. The van der Waals surface area contributed by atoms with Crippen LogP contribution in [0.25, 0.3) is 21.6 Å². The summed E-state index contributed by atoms with van der Waals surface area (Å²) in [5.41, 5.74) is 2.59. The van der Waals surface area contributed by atoms with Crippen LogP contribution >= 0.6 is 11.3 Å². The Morgan fingerprint density at radius 3 is 2.58 bits per heavy atom. The van der Waals surface area contributed by atoms with E-state index in [1.54, 1.807) is 24.7 Å². The summed E-state index contributed by atoms with van der Waals surface area (Å²) < 4.78 is 0. The molecule has 3 heterocycles. The van der Waals surface area contributed by atoms with E-state index >= 15 is 0 Å². The molecule has 3 atom stereocenters. The second kappa shape index (κ2) is 11.0. The van der Waals surface area contributed by atoms with Gasteiger partial charge in [-0.25, -0.2) is 15.0 Å². The number of amides is 2. The molecule has 2 fully saturated rings. The summed E-state index contributed by atoms with van der Waals surface area (Å²) in [4.78, 5) is 43.6. The van der Waals surface area contributed by atoms with Crippen LogP contribution in [0, 0.1) is 5.92 Å². The third kappa shape index (κ3) is 4.99. The van der Waals surface area contributed by atoms with Gasteiger partial charge in [-0.3, -0.25) is 9.59 Å². The zero-order chi connectivity index (χ0) is 25.1. The zero-order valence-corrected chi connectivity index (χ0v) is 21.8. The van der Waals surface area contributed by atoms with Crippen LogP contribution in [-0.4, -0.2) is 57.3 Å². The van der Waals surface area contributed by atoms with Gasteiger partial charge in [0, 0.05) is 12.1 Å². The quantitative estimate of drug-likeness (QED) is 0.501. The van der Waals surface area contributed by atoms with Gasteiger partial charge in [-0.05, 0) is 45.6 Å². The molecule has 1 aliphatic carbocycles. The third-order valence-corrected chi connectivity index (χ3v) is 8.66. The highest BCUT2D eigenvalue weighted by Gasteiger charge is 2.40. The van der Waals surface area contributed by atoms with Gasteiger partial charge >= 0.3 is 0 Å². The number of nitrogens with zero attached hydrogens (tertiary/aromatic N) is 4. The predicted molar refractivity (Wildman–Crippen MR) is 141 cm³/mol. The van der Waals surface area contributed by atoms with E-state index in [-0.39, 0.29) is 29.8 Å². The molecule has 3 aromatic rings. The van der Waals surface area contributed by atoms with Gasteiger partial charge in [0.15, 0.2) is 0 Å². The molecule has 1 saturated carbocycles. The van der Waals surface area contributed by atoms with Gasteiger partial charge in [-0.2, -0.15) is 0 Å². The van der Waals surface area contributed by atoms with Crippen molar-refractivity contribution in [2.75, 3.05) is 13.6 Å². The van der Waals surface area contributed by atoms with E-state index < -0.39 is 6.04 Å². The molecule has 8 nitrogen and oxygen atoms in total. The summed E-state index contributed by atoms with van der Waals surface area (Å²) >= 11 is 1.54. The highest BCUT2D eigenvalue weighted by atomic mass is 32.1. The number of hydrogen-bond acceptors (Lipinski definition) is 7. The Morgan fingerprint density at radius 2 is 1.83 bits per heavy atom. The lowest BCUT2D eigenvalue weighted by Gasteiger charge is -2.35. The fraction of sp³-hybridized carbons (Fsp3) is 0.519. The monoisotopic (exact) mass is 506 g/mol. The van der Waals surface area contributed by atoms with Crippen molar-refractivity contribution in [3.8, 4) is 11.3 Å². The normalized spacial score (nSPS) is 20.4. The minimum atomic E-state index is -0.497. The molecule has 0 radical (unpaired) electrons. The van der Waals surface area contributed by atoms with Gasteiger partial charge in [0.25, 0.3) is 0 Å². The van der Waals surface area contributed by atoms with Crippen LogP contribution < -0.4 is 10.6 Å². The Morgan fingerprint density at radius 1 is 1.06 bits per heavy atom. The number of benzene rings is 1.